The van der Waals surface area contributed by atoms with Crippen molar-refractivity contribution in [1.29, 1.82) is 0 Å². The highest BCUT2D eigenvalue weighted by Crippen LogP contribution is 2.22. The minimum Gasteiger partial charge on any atom is -0.496 e. The lowest BCUT2D eigenvalue weighted by Gasteiger charge is -2.31. The van der Waals surface area contributed by atoms with Gasteiger partial charge in [-0.2, -0.15) is 0 Å². The van der Waals surface area contributed by atoms with Gasteiger partial charge in [0.15, 0.2) is 0 Å². The fourth-order valence-corrected chi connectivity index (χ4v) is 2.38. The molecule has 1 saturated heterocycles. The molecular weight excluding hydrogens is 254 g/mol. The minimum atomic E-state index is 0.106. The van der Waals surface area contributed by atoms with Crippen molar-refractivity contribution in [2.24, 2.45) is 0 Å². The number of benzene rings is 1. The van der Waals surface area contributed by atoms with Gasteiger partial charge in [0.05, 0.1) is 26.2 Å². The van der Waals surface area contributed by atoms with Crippen LogP contribution < -0.4 is 4.74 Å². The summed E-state index contributed by atoms with van der Waals surface area (Å²) in [6, 6.07) is 5.76. The summed E-state index contributed by atoms with van der Waals surface area (Å²) in [5, 5.41) is 0. The Balaban J connectivity index is 2.11. The molecule has 1 aliphatic rings. The highest BCUT2D eigenvalue weighted by atomic mass is 16.5. The van der Waals surface area contributed by atoms with E-state index in [2.05, 4.69) is 6.58 Å². The zero-order valence-electron chi connectivity index (χ0n) is 12.1. The minimum absolute atomic E-state index is 0.106. The summed E-state index contributed by atoms with van der Waals surface area (Å²) >= 11 is 0. The Morgan fingerprint density at radius 1 is 1.60 bits per heavy atom. The van der Waals surface area contributed by atoms with Crippen molar-refractivity contribution in [1.82, 2.24) is 4.90 Å². The molecule has 1 heterocycles. The topological polar surface area (TPSA) is 38.8 Å². The molecular formula is C16H21NO3. The normalized spacial score (nSPS) is 18.7. The summed E-state index contributed by atoms with van der Waals surface area (Å²) in [5.74, 6) is 0.852. The molecule has 0 bridgehead atoms. The van der Waals surface area contributed by atoms with Crippen LogP contribution in [0.3, 0.4) is 0 Å². The van der Waals surface area contributed by atoms with Gasteiger partial charge >= 0.3 is 0 Å². The molecule has 0 N–H and O–H groups in total. The third-order valence-corrected chi connectivity index (χ3v) is 3.48. The smallest absolute Gasteiger partial charge is 0.227 e. The van der Waals surface area contributed by atoms with Crippen LogP contribution in [0.4, 0.5) is 0 Å². The average Bonchev–Trinajstić information content (AvgIpc) is 2.47. The second kappa shape index (κ2) is 6.57. The zero-order chi connectivity index (χ0) is 14.5. The summed E-state index contributed by atoms with van der Waals surface area (Å²) in [6.07, 6.45) is 2.22. The first-order chi connectivity index (χ1) is 9.63. The molecule has 1 aromatic carbocycles. The summed E-state index contributed by atoms with van der Waals surface area (Å²) in [6.45, 7) is 7.66. The number of hydrogen-bond donors (Lipinski definition) is 0. The van der Waals surface area contributed by atoms with Gasteiger partial charge in [0.1, 0.15) is 5.75 Å². The van der Waals surface area contributed by atoms with E-state index in [1.807, 2.05) is 30.0 Å². The zero-order valence-corrected chi connectivity index (χ0v) is 12.1. The largest absolute Gasteiger partial charge is 0.496 e. The molecule has 4 nitrogen and oxygen atoms in total. The van der Waals surface area contributed by atoms with E-state index < -0.39 is 0 Å². The molecule has 2 rings (SSSR count). The lowest BCUT2D eigenvalue weighted by atomic mass is 10.1. The Hall–Kier alpha value is -1.81. The number of nitrogens with zero attached hydrogens (tertiary/aromatic N) is 1. The van der Waals surface area contributed by atoms with E-state index in [9.17, 15) is 4.79 Å². The van der Waals surface area contributed by atoms with Gasteiger partial charge in [0, 0.05) is 18.7 Å². The molecule has 1 atom stereocenters. The number of morpholine rings is 1. The number of carbonyl (C=O) groups is 1. The van der Waals surface area contributed by atoms with Crippen LogP contribution in [0.5, 0.6) is 5.75 Å². The van der Waals surface area contributed by atoms with E-state index in [1.165, 1.54) is 0 Å². The standard InChI is InChI=1S/C16H21NO3/c1-4-13-5-6-15(19-3)14(9-13)10-16(18)17-7-8-20-12(2)11-17/h4-6,9,12H,1,7-8,10-11H2,2-3H3/t12-/m0/s1. The molecule has 0 spiro atoms. The third-order valence-electron chi connectivity index (χ3n) is 3.48. The molecule has 0 unspecified atom stereocenters. The fourth-order valence-electron chi connectivity index (χ4n) is 2.38. The van der Waals surface area contributed by atoms with Crippen LogP contribution >= 0.6 is 0 Å². The van der Waals surface area contributed by atoms with Crippen molar-refractivity contribution >= 4 is 12.0 Å². The lowest BCUT2D eigenvalue weighted by molar-refractivity contribution is -0.137. The van der Waals surface area contributed by atoms with Crippen LogP contribution in [0.2, 0.25) is 0 Å². The predicted octanol–water partition coefficient (Wildman–Crippen LogP) is 2.13. The Morgan fingerprint density at radius 2 is 2.40 bits per heavy atom. The molecule has 1 amide bonds. The van der Waals surface area contributed by atoms with Crippen molar-refractivity contribution in [3.05, 3.63) is 35.9 Å². The van der Waals surface area contributed by atoms with Gasteiger partial charge in [-0.3, -0.25) is 4.79 Å². The highest BCUT2D eigenvalue weighted by molar-refractivity contribution is 5.80. The summed E-state index contributed by atoms with van der Waals surface area (Å²) in [7, 11) is 1.62. The maximum atomic E-state index is 12.4. The number of rotatable bonds is 4. The Kier molecular flexibility index (Phi) is 4.79. The molecule has 20 heavy (non-hydrogen) atoms. The van der Waals surface area contributed by atoms with Gasteiger partial charge < -0.3 is 14.4 Å². The van der Waals surface area contributed by atoms with E-state index in [4.69, 9.17) is 9.47 Å². The van der Waals surface area contributed by atoms with Crippen LogP contribution in [0, 0.1) is 0 Å². The SMILES string of the molecule is C=Cc1ccc(OC)c(CC(=O)N2CCO[C@@H](C)C2)c1. The van der Waals surface area contributed by atoms with Gasteiger partial charge in [-0.05, 0) is 24.6 Å². The second-order valence-corrected chi connectivity index (χ2v) is 4.97. The Bertz CT molecular complexity index is 498. The Labute approximate surface area is 120 Å². The van der Waals surface area contributed by atoms with E-state index in [-0.39, 0.29) is 12.0 Å². The van der Waals surface area contributed by atoms with Crippen LogP contribution in [0.25, 0.3) is 6.08 Å². The van der Waals surface area contributed by atoms with Gasteiger partial charge in [-0.15, -0.1) is 0 Å². The van der Waals surface area contributed by atoms with Crippen molar-refractivity contribution in [2.75, 3.05) is 26.8 Å². The van der Waals surface area contributed by atoms with E-state index in [0.717, 1.165) is 16.9 Å². The van der Waals surface area contributed by atoms with Crippen LogP contribution in [-0.4, -0.2) is 43.7 Å². The maximum absolute atomic E-state index is 12.4. The number of hydrogen-bond acceptors (Lipinski definition) is 3. The number of amides is 1. The molecule has 0 aromatic heterocycles. The second-order valence-electron chi connectivity index (χ2n) is 4.97. The Morgan fingerprint density at radius 3 is 3.05 bits per heavy atom. The molecule has 1 aromatic rings. The number of methoxy groups -OCH3 is 1. The van der Waals surface area contributed by atoms with Gasteiger partial charge in [0.2, 0.25) is 5.91 Å². The van der Waals surface area contributed by atoms with Crippen molar-refractivity contribution in [3.63, 3.8) is 0 Å². The first-order valence-electron chi connectivity index (χ1n) is 6.82. The van der Waals surface area contributed by atoms with E-state index in [0.29, 0.717) is 26.1 Å². The summed E-state index contributed by atoms with van der Waals surface area (Å²) < 4.78 is 10.8. The summed E-state index contributed by atoms with van der Waals surface area (Å²) in [5.41, 5.74) is 1.89. The predicted molar refractivity (Wildman–Crippen MR) is 78.8 cm³/mol. The number of carbonyl (C=O) groups excluding carboxylic acids is 1. The average molecular weight is 275 g/mol. The quantitative estimate of drug-likeness (QED) is 0.845. The van der Waals surface area contributed by atoms with Crippen LogP contribution in [-0.2, 0) is 16.0 Å². The molecule has 0 aliphatic carbocycles. The molecule has 108 valence electrons. The van der Waals surface area contributed by atoms with E-state index in [1.54, 1.807) is 13.2 Å². The monoisotopic (exact) mass is 275 g/mol. The molecule has 1 aliphatic heterocycles. The van der Waals surface area contributed by atoms with E-state index >= 15 is 0 Å². The van der Waals surface area contributed by atoms with Gasteiger partial charge in [-0.25, -0.2) is 0 Å². The van der Waals surface area contributed by atoms with Gasteiger partial charge in [0.25, 0.3) is 0 Å². The molecule has 4 heteroatoms. The molecule has 0 saturated carbocycles. The van der Waals surface area contributed by atoms with Crippen molar-refractivity contribution < 1.29 is 14.3 Å². The molecule has 0 radical (unpaired) electrons. The maximum Gasteiger partial charge on any atom is 0.227 e. The van der Waals surface area contributed by atoms with Gasteiger partial charge in [-0.1, -0.05) is 18.7 Å². The fraction of sp³-hybridized carbons (Fsp3) is 0.438. The highest BCUT2D eigenvalue weighted by Gasteiger charge is 2.22. The van der Waals surface area contributed by atoms with Crippen LogP contribution in [0.1, 0.15) is 18.1 Å². The van der Waals surface area contributed by atoms with Crippen LogP contribution in [0.15, 0.2) is 24.8 Å². The van der Waals surface area contributed by atoms with Crippen molar-refractivity contribution in [2.45, 2.75) is 19.4 Å². The molecule has 1 fully saturated rings. The first kappa shape index (κ1) is 14.6. The third kappa shape index (κ3) is 3.39. The lowest BCUT2D eigenvalue weighted by Crippen LogP contribution is -2.45. The van der Waals surface area contributed by atoms with Crippen molar-refractivity contribution in [3.8, 4) is 5.75 Å². The first-order valence-corrected chi connectivity index (χ1v) is 6.82. The summed E-state index contributed by atoms with van der Waals surface area (Å²) in [4.78, 5) is 14.2. The number of ether oxygens (including phenoxy) is 2.